The lowest BCUT2D eigenvalue weighted by Gasteiger charge is -2.09. The summed E-state index contributed by atoms with van der Waals surface area (Å²) < 4.78 is 0. The second-order valence-corrected chi connectivity index (χ2v) is 3.13. The number of nitrogens with two attached hydrogens (primary N) is 1. The zero-order chi connectivity index (χ0) is 11.6. The topological polar surface area (TPSA) is 106 Å². The number of nitrogen functional groups attached to an aromatic ring is 1. The van der Waals surface area contributed by atoms with Crippen LogP contribution in [0.1, 0.15) is 18.4 Å². The fraction of sp³-hybridized carbons (Fsp3) is 0.222. The first kappa shape index (κ1) is 11.0. The number of carbonyl (C=O) groups is 1. The quantitative estimate of drug-likeness (QED) is 0.445. The number of nitro groups is 1. The average molecular weight is 210 g/mol. The molecule has 1 rings (SSSR count). The molecule has 0 aliphatic carbocycles. The molecule has 0 bridgehead atoms. The van der Waals surface area contributed by atoms with Crippen molar-refractivity contribution in [1.29, 1.82) is 0 Å². The van der Waals surface area contributed by atoms with Crippen LogP contribution >= 0.6 is 0 Å². The number of aliphatic carboxylic acids is 1. The van der Waals surface area contributed by atoms with E-state index in [0.29, 0.717) is 0 Å². The summed E-state index contributed by atoms with van der Waals surface area (Å²) in [5, 5.41) is 19.2. The normalized spacial score (nSPS) is 12.1. The van der Waals surface area contributed by atoms with Crippen molar-refractivity contribution in [2.24, 2.45) is 0 Å². The van der Waals surface area contributed by atoms with E-state index in [1.807, 2.05) is 0 Å². The number of nitrogens with zero attached hydrogens (tertiary/aromatic N) is 1. The van der Waals surface area contributed by atoms with E-state index in [1.165, 1.54) is 25.1 Å². The zero-order valence-corrected chi connectivity index (χ0v) is 8.01. The predicted molar refractivity (Wildman–Crippen MR) is 53.6 cm³/mol. The number of nitro benzene ring substituents is 1. The van der Waals surface area contributed by atoms with Gasteiger partial charge in [-0.2, -0.15) is 0 Å². The first-order valence-electron chi connectivity index (χ1n) is 4.20. The van der Waals surface area contributed by atoms with Crippen molar-refractivity contribution in [3.63, 3.8) is 0 Å². The van der Waals surface area contributed by atoms with Crippen molar-refractivity contribution < 1.29 is 14.8 Å². The van der Waals surface area contributed by atoms with Crippen LogP contribution in [0.15, 0.2) is 18.2 Å². The molecule has 1 aromatic carbocycles. The van der Waals surface area contributed by atoms with Crippen LogP contribution in [0.3, 0.4) is 0 Å². The molecule has 0 amide bonds. The summed E-state index contributed by atoms with van der Waals surface area (Å²) in [4.78, 5) is 20.6. The second-order valence-electron chi connectivity index (χ2n) is 3.13. The van der Waals surface area contributed by atoms with Gasteiger partial charge in [0.1, 0.15) is 0 Å². The molecule has 0 heterocycles. The highest BCUT2D eigenvalue weighted by Crippen LogP contribution is 2.26. The molecule has 1 atom stereocenters. The Morgan fingerprint density at radius 3 is 2.67 bits per heavy atom. The van der Waals surface area contributed by atoms with E-state index in [-0.39, 0.29) is 16.9 Å². The predicted octanol–water partition coefficient (Wildman–Crippen LogP) is 1.37. The number of hydrogen-bond acceptors (Lipinski definition) is 4. The van der Waals surface area contributed by atoms with Gasteiger partial charge in [-0.1, -0.05) is 0 Å². The van der Waals surface area contributed by atoms with Crippen molar-refractivity contribution >= 4 is 17.3 Å². The Bertz CT molecular complexity index is 417. The average Bonchev–Trinajstić information content (AvgIpc) is 2.16. The zero-order valence-electron chi connectivity index (χ0n) is 8.01. The molecule has 0 radical (unpaired) electrons. The third kappa shape index (κ3) is 2.22. The highest BCUT2D eigenvalue weighted by Gasteiger charge is 2.19. The number of rotatable bonds is 3. The van der Waals surface area contributed by atoms with Gasteiger partial charge in [0.15, 0.2) is 0 Å². The first-order chi connectivity index (χ1) is 6.93. The van der Waals surface area contributed by atoms with Gasteiger partial charge in [-0.25, -0.2) is 0 Å². The van der Waals surface area contributed by atoms with Crippen molar-refractivity contribution in [3.8, 4) is 0 Å². The van der Waals surface area contributed by atoms with E-state index in [9.17, 15) is 14.9 Å². The molecule has 1 unspecified atom stereocenters. The minimum absolute atomic E-state index is 0.160. The van der Waals surface area contributed by atoms with Gasteiger partial charge in [-0.15, -0.1) is 0 Å². The molecule has 15 heavy (non-hydrogen) atoms. The van der Waals surface area contributed by atoms with E-state index in [4.69, 9.17) is 10.8 Å². The maximum absolute atomic E-state index is 10.7. The number of carboxylic acids is 1. The Labute approximate surface area is 85.5 Å². The van der Waals surface area contributed by atoms with E-state index < -0.39 is 16.8 Å². The Hall–Kier alpha value is -2.11. The lowest BCUT2D eigenvalue weighted by molar-refractivity contribution is -0.384. The summed E-state index contributed by atoms with van der Waals surface area (Å²) in [5.74, 6) is -1.92. The number of hydrogen-bond donors (Lipinski definition) is 2. The van der Waals surface area contributed by atoms with Gasteiger partial charge in [0.2, 0.25) is 0 Å². The number of non-ortho nitro benzene ring substituents is 1. The van der Waals surface area contributed by atoms with Crippen molar-refractivity contribution in [1.82, 2.24) is 0 Å². The van der Waals surface area contributed by atoms with Gasteiger partial charge >= 0.3 is 5.97 Å². The Kier molecular flexibility index (Phi) is 2.89. The largest absolute Gasteiger partial charge is 0.481 e. The van der Waals surface area contributed by atoms with Crippen LogP contribution in [0, 0.1) is 10.1 Å². The lowest BCUT2D eigenvalue weighted by atomic mass is 9.99. The summed E-state index contributed by atoms with van der Waals surface area (Å²) in [7, 11) is 0. The van der Waals surface area contributed by atoms with Gasteiger partial charge < -0.3 is 10.8 Å². The molecule has 0 fully saturated rings. The third-order valence-corrected chi connectivity index (χ3v) is 2.12. The molecule has 6 nitrogen and oxygen atoms in total. The Morgan fingerprint density at radius 1 is 1.60 bits per heavy atom. The third-order valence-electron chi connectivity index (χ3n) is 2.12. The van der Waals surface area contributed by atoms with Gasteiger partial charge in [0, 0.05) is 17.8 Å². The van der Waals surface area contributed by atoms with E-state index in [1.54, 1.807) is 0 Å². The molecule has 6 heteroatoms. The molecular formula is C9H10N2O4. The lowest BCUT2D eigenvalue weighted by Crippen LogP contribution is -2.10. The van der Waals surface area contributed by atoms with Crippen LogP contribution in [-0.2, 0) is 4.79 Å². The van der Waals surface area contributed by atoms with Crippen molar-refractivity contribution in [2.75, 3.05) is 5.73 Å². The van der Waals surface area contributed by atoms with E-state index in [0.717, 1.165) is 0 Å². The van der Waals surface area contributed by atoms with Crippen molar-refractivity contribution in [2.45, 2.75) is 12.8 Å². The highest BCUT2D eigenvalue weighted by atomic mass is 16.6. The minimum Gasteiger partial charge on any atom is -0.481 e. The van der Waals surface area contributed by atoms with Crippen LogP contribution in [0.25, 0.3) is 0 Å². The summed E-state index contributed by atoms with van der Waals surface area (Å²) in [6.07, 6.45) is 0. The van der Waals surface area contributed by atoms with Crippen LogP contribution in [0.5, 0.6) is 0 Å². The summed E-state index contributed by atoms with van der Waals surface area (Å²) in [5.41, 5.74) is 5.89. The van der Waals surface area contributed by atoms with Crippen LogP contribution in [0.2, 0.25) is 0 Å². The Morgan fingerprint density at radius 2 is 2.20 bits per heavy atom. The molecule has 0 aliphatic heterocycles. The van der Waals surface area contributed by atoms with Gasteiger partial charge in [-0.3, -0.25) is 14.9 Å². The minimum atomic E-state index is -1.07. The molecule has 0 saturated heterocycles. The standard InChI is InChI=1S/C9H10N2O4/c1-5(9(12)13)7-4-6(11(14)15)2-3-8(7)10/h2-5H,10H2,1H3,(H,12,13). The smallest absolute Gasteiger partial charge is 0.310 e. The molecule has 1 aromatic rings. The summed E-state index contributed by atoms with van der Waals surface area (Å²) >= 11 is 0. The fourth-order valence-electron chi connectivity index (χ4n) is 1.18. The first-order valence-corrected chi connectivity index (χ1v) is 4.20. The van der Waals surface area contributed by atoms with Crippen LogP contribution in [-0.4, -0.2) is 16.0 Å². The van der Waals surface area contributed by atoms with Gasteiger partial charge in [0.05, 0.1) is 10.8 Å². The highest BCUT2D eigenvalue weighted by molar-refractivity contribution is 5.78. The van der Waals surface area contributed by atoms with Crippen LogP contribution < -0.4 is 5.73 Å². The molecule has 0 spiro atoms. The number of carboxylic acid groups (broad SMARTS) is 1. The maximum Gasteiger partial charge on any atom is 0.310 e. The Balaban J connectivity index is 3.22. The number of anilines is 1. The van der Waals surface area contributed by atoms with Crippen molar-refractivity contribution in [3.05, 3.63) is 33.9 Å². The maximum atomic E-state index is 10.7. The van der Waals surface area contributed by atoms with Crippen LogP contribution in [0.4, 0.5) is 11.4 Å². The summed E-state index contributed by atoms with van der Waals surface area (Å²) in [6, 6.07) is 3.77. The number of benzene rings is 1. The molecule has 3 N–H and O–H groups in total. The van der Waals surface area contributed by atoms with E-state index in [2.05, 4.69) is 0 Å². The van der Waals surface area contributed by atoms with E-state index >= 15 is 0 Å². The molecule has 0 aromatic heterocycles. The molecule has 0 saturated carbocycles. The SMILES string of the molecule is CC(C(=O)O)c1cc([N+](=O)[O-])ccc1N. The molecular weight excluding hydrogens is 200 g/mol. The fourth-order valence-corrected chi connectivity index (χ4v) is 1.18. The molecule has 0 aliphatic rings. The summed E-state index contributed by atoms with van der Waals surface area (Å²) in [6.45, 7) is 1.43. The second kappa shape index (κ2) is 3.95. The van der Waals surface area contributed by atoms with Gasteiger partial charge in [-0.05, 0) is 18.6 Å². The van der Waals surface area contributed by atoms with Gasteiger partial charge in [0.25, 0.3) is 5.69 Å². The monoisotopic (exact) mass is 210 g/mol. The molecule has 80 valence electrons.